The summed E-state index contributed by atoms with van der Waals surface area (Å²) in [4.78, 5) is 11.5. The minimum atomic E-state index is -4.56. The molecule has 2 atom stereocenters. The molecule has 1 fully saturated rings. The Hall–Kier alpha value is -2.57. The van der Waals surface area contributed by atoms with Gasteiger partial charge in [0.1, 0.15) is 16.9 Å². The third-order valence-electron chi connectivity index (χ3n) is 4.69. The molecule has 1 saturated heterocycles. The molecule has 2 unspecified atom stereocenters. The number of anilines is 1. The van der Waals surface area contributed by atoms with Crippen molar-refractivity contribution in [3.63, 3.8) is 0 Å². The van der Waals surface area contributed by atoms with Gasteiger partial charge in [-0.1, -0.05) is 0 Å². The Morgan fingerprint density at radius 1 is 1.06 bits per heavy atom. The monoisotopic (exact) mass is 464 g/mol. The number of benzene rings is 2. The molecule has 6 nitrogen and oxygen atoms in total. The fraction of sp³-hybridized carbons (Fsp3) is 0.316. The van der Waals surface area contributed by atoms with Crippen LogP contribution in [0.3, 0.4) is 0 Å². The van der Waals surface area contributed by atoms with Gasteiger partial charge >= 0.3 is 0 Å². The van der Waals surface area contributed by atoms with Crippen molar-refractivity contribution >= 4 is 21.6 Å². The van der Waals surface area contributed by atoms with E-state index in [0.29, 0.717) is 28.6 Å². The van der Waals surface area contributed by atoms with E-state index in [1.807, 2.05) is 0 Å². The van der Waals surface area contributed by atoms with Gasteiger partial charge in [0.05, 0.1) is 6.10 Å². The summed E-state index contributed by atoms with van der Waals surface area (Å²) in [5.74, 6) is -7.09. The van der Waals surface area contributed by atoms with Crippen LogP contribution in [0.5, 0.6) is 0 Å². The number of carbonyl (C=O) groups is 1. The number of sulfonamides is 1. The molecule has 1 amide bonds. The third kappa shape index (κ3) is 5.02. The van der Waals surface area contributed by atoms with Gasteiger partial charge in [-0.25, -0.2) is 30.4 Å². The molecule has 2 aromatic carbocycles. The second-order valence-electron chi connectivity index (χ2n) is 6.99. The zero-order chi connectivity index (χ0) is 22.9. The molecule has 2 N–H and O–H groups in total. The Balaban J connectivity index is 1.89. The van der Waals surface area contributed by atoms with Gasteiger partial charge in [-0.05, 0) is 24.6 Å². The van der Waals surface area contributed by atoms with E-state index in [9.17, 15) is 40.3 Å². The lowest BCUT2D eigenvalue weighted by Crippen LogP contribution is -2.35. The first-order valence-electron chi connectivity index (χ1n) is 9.06. The van der Waals surface area contributed by atoms with Crippen LogP contribution in [-0.2, 0) is 10.0 Å². The number of halogens is 5. The highest BCUT2D eigenvalue weighted by atomic mass is 32.2. The number of amides is 1. The first-order valence-corrected chi connectivity index (χ1v) is 10.5. The topological polar surface area (TPSA) is 86.7 Å². The summed E-state index contributed by atoms with van der Waals surface area (Å²) in [5.41, 5.74) is -0.825. The molecule has 2 aromatic rings. The van der Waals surface area contributed by atoms with Gasteiger partial charge in [0.15, 0.2) is 17.5 Å². The number of nitrogens with zero attached hydrogens (tertiary/aromatic N) is 1. The van der Waals surface area contributed by atoms with Gasteiger partial charge in [-0.3, -0.25) is 4.79 Å². The fourth-order valence-electron chi connectivity index (χ4n) is 3.12. The molecule has 0 saturated carbocycles. The molecule has 1 aliphatic heterocycles. The highest BCUT2D eigenvalue weighted by molar-refractivity contribution is 7.89. The number of nitrogens with one attached hydrogen (secondary N) is 1. The summed E-state index contributed by atoms with van der Waals surface area (Å²) in [5, 5.41) is 11.7. The number of alkyl halides is 1. The van der Waals surface area contributed by atoms with Crippen LogP contribution >= 0.6 is 0 Å². The van der Waals surface area contributed by atoms with Gasteiger partial charge in [0, 0.05) is 42.9 Å². The molecule has 0 bridgehead atoms. The maximum atomic E-state index is 14.3. The molecule has 168 valence electrons. The highest BCUT2D eigenvalue weighted by Crippen LogP contribution is 2.25. The van der Waals surface area contributed by atoms with Gasteiger partial charge in [-0.15, -0.1) is 0 Å². The van der Waals surface area contributed by atoms with Gasteiger partial charge < -0.3 is 10.4 Å². The summed E-state index contributed by atoms with van der Waals surface area (Å²) in [6.07, 6.45) is -3.02. The van der Waals surface area contributed by atoms with Crippen molar-refractivity contribution in [2.75, 3.05) is 18.4 Å². The van der Waals surface area contributed by atoms with Crippen LogP contribution in [0.4, 0.5) is 27.6 Å². The van der Waals surface area contributed by atoms with Crippen molar-refractivity contribution < 1.29 is 40.3 Å². The highest BCUT2D eigenvalue weighted by Gasteiger charge is 2.33. The minimum absolute atomic E-state index is 0.0524. The maximum Gasteiger partial charge on any atom is 0.255 e. The molecule has 0 spiro atoms. The molecule has 0 aliphatic carbocycles. The summed E-state index contributed by atoms with van der Waals surface area (Å²) in [6, 6.07) is 3.37. The lowest BCUT2D eigenvalue weighted by molar-refractivity contribution is 0.102. The Kier molecular flexibility index (Phi) is 6.62. The second kappa shape index (κ2) is 8.89. The first-order chi connectivity index (χ1) is 14.5. The van der Waals surface area contributed by atoms with E-state index in [1.54, 1.807) is 0 Å². The van der Waals surface area contributed by atoms with Gasteiger partial charge in [0.25, 0.3) is 5.91 Å². The number of carbonyl (C=O) groups excluding carboxylic acids is 1. The van der Waals surface area contributed by atoms with E-state index in [-0.39, 0.29) is 24.9 Å². The average molecular weight is 464 g/mol. The summed E-state index contributed by atoms with van der Waals surface area (Å²) in [6.45, 7) is -0.850. The van der Waals surface area contributed by atoms with E-state index in [4.69, 9.17) is 0 Å². The van der Waals surface area contributed by atoms with Crippen molar-refractivity contribution in [3.05, 3.63) is 59.2 Å². The number of hydrogen-bond donors (Lipinski definition) is 2. The molecule has 1 heterocycles. The van der Waals surface area contributed by atoms with Gasteiger partial charge in [0.2, 0.25) is 10.0 Å². The van der Waals surface area contributed by atoms with E-state index < -0.39 is 68.6 Å². The van der Waals surface area contributed by atoms with Crippen molar-refractivity contribution in [3.8, 4) is 0 Å². The summed E-state index contributed by atoms with van der Waals surface area (Å²) < 4.78 is 94.3. The molecule has 0 aromatic heterocycles. The Bertz CT molecular complexity index is 1090. The van der Waals surface area contributed by atoms with Crippen LogP contribution in [0.15, 0.2) is 35.2 Å². The minimum Gasteiger partial charge on any atom is -0.393 e. The van der Waals surface area contributed by atoms with Crippen molar-refractivity contribution in [1.29, 1.82) is 0 Å². The zero-order valence-corrected chi connectivity index (χ0v) is 16.6. The quantitative estimate of drug-likeness (QED) is 0.538. The van der Waals surface area contributed by atoms with E-state index in [0.717, 1.165) is 6.07 Å². The molecular weight excluding hydrogens is 447 g/mol. The maximum absolute atomic E-state index is 14.3. The summed E-state index contributed by atoms with van der Waals surface area (Å²) >= 11 is 0. The lowest BCUT2D eigenvalue weighted by atomic mass is 10.1. The zero-order valence-electron chi connectivity index (χ0n) is 15.8. The number of aliphatic hydroxyl groups excluding tert-OH is 1. The van der Waals surface area contributed by atoms with Crippen LogP contribution in [0.25, 0.3) is 0 Å². The Labute approximate surface area is 174 Å². The van der Waals surface area contributed by atoms with E-state index in [1.165, 1.54) is 0 Å². The largest absolute Gasteiger partial charge is 0.393 e. The normalized spacial score (nSPS) is 20.3. The average Bonchev–Trinajstić information content (AvgIpc) is 2.86. The SMILES string of the molecule is O=C(Nc1cc(F)c(F)c(F)c1)c1ccc(F)c(S(=O)(=O)N2CCC(O)CC(F)C2)c1. The number of aliphatic hydroxyl groups is 1. The lowest BCUT2D eigenvalue weighted by Gasteiger charge is -2.21. The molecule has 31 heavy (non-hydrogen) atoms. The first kappa shape index (κ1) is 23.1. The molecular formula is C19H17F5N2O4S. The molecule has 12 heteroatoms. The predicted molar refractivity (Wildman–Crippen MR) is 99.6 cm³/mol. The Morgan fingerprint density at radius 3 is 2.35 bits per heavy atom. The second-order valence-corrected chi connectivity index (χ2v) is 8.90. The molecule has 3 rings (SSSR count). The van der Waals surface area contributed by atoms with Crippen molar-refractivity contribution in [1.82, 2.24) is 4.31 Å². The van der Waals surface area contributed by atoms with Crippen LogP contribution in [0.2, 0.25) is 0 Å². The van der Waals surface area contributed by atoms with Crippen LogP contribution in [-0.4, -0.2) is 49.1 Å². The molecule has 0 radical (unpaired) electrons. The van der Waals surface area contributed by atoms with Crippen LogP contribution in [0.1, 0.15) is 23.2 Å². The van der Waals surface area contributed by atoms with Gasteiger partial charge in [-0.2, -0.15) is 4.31 Å². The number of rotatable bonds is 4. The smallest absolute Gasteiger partial charge is 0.255 e. The Morgan fingerprint density at radius 2 is 1.71 bits per heavy atom. The number of hydrogen-bond acceptors (Lipinski definition) is 4. The van der Waals surface area contributed by atoms with E-state index >= 15 is 0 Å². The van der Waals surface area contributed by atoms with Crippen molar-refractivity contribution in [2.24, 2.45) is 0 Å². The standard InChI is InChI=1S/C19H17F5N2O4S/c20-11-6-13(27)3-4-26(9-11)31(29,30)17-5-10(1-2-14(17)21)19(28)25-12-7-15(22)18(24)16(23)8-12/h1-2,5,7-8,11,13,27H,3-4,6,9H2,(H,25,28). The fourth-order valence-corrected chi connectivity index (χ4v) is 4.70. The van der Waals surface area contributed by atoms with E-state index in [2.05, 4.69) is 5.32 Å². The third-order valence-corrected chi connectivity index (χ3v) is 6.57. The van der Waals surface area contributed by atoms with Crippen LogP contribution < -0.4 is 5.32 Å². The van der Waals surface area contributed by atoms with Crippen molar-refractivity contribution in [2.45, 2.75) is 30.0 Å². The summed E-state index contributed by atoms with van der Waals surface area (Å²) in [7, 11) is -4.56. The predicted octanol–water partition coefficient (Wildman–Crippen LogP) is 2.98. The molecule has 1 aliphatic rings. The van der Waals surface area contributed by atoms with Crippen LogP contribution in [0, 0.1) is 23.3 Å².